The summed E-state index contributed by atoms with van der Waals surface area (Å²) in [5, 5.41) is 7.14. The average molecular weight is 688 g/mol. The van der Waals surface area contributed by atoms with E-state index >= 15 is 0 Å². The zero-order valence-electron chi connectivity index (χ0n) is 27.0. The smallest absolute Gasteiger partial charge is 0.165 e. The Morgan fingerprint density at radius 3 is 1.69 bits per heavy atom. The standard InChI is InChI=1S/C45H25N3OS2/c1-2-10-26(11-3-1)43-46-44(48-45(47-43)35-17-9-16-34-32-13-5-7-19-40(32)51-42(34)35)28-21-23-37-36(24-28)30-22-20-27(25-38(30)49-37)29-14-8-15-33-31-12-4-6-18-39(31)50-41(29)33/h1-25H. The van der Waals surface area contributed by atoms with Crippen LogP contribution in [-0.4, -0.2) is 15.0 Å². The summed E-state index contributed by atoms with van der Waals surface area (Å²) in [6, 6.07) is 53.1. The maximum atomic E-state index is 6.49. The Morgan fingerprint density at radius 1 is 0.353 bits per heavy atom. The van der Waals surface area contributed by atoms with Gasteiger partial charge in [0.15, 0.2) is 17.5 Å². The number of rotatable bonds is 4. The van der Waals surface area contributed by atoms with Gasteiger partial charge in [0.1, 0.15) is 11.2 Å². The van der Waals surface area contributed by atoms with E-state index < -0.39 is 0 Å². The van der Waals surface area contributed by atoms with E-state index in [-0.39, 0.29) is 0 Å². The van der Waals surface area contributed by atoms with Crippen LogP contribution >= 0.6 is 22.7 Å². The molecule has 6 heteroatoms. The van der Waals surface area contributed by atoms with Gasteiger partial charge < -0.3 is 4.42 Å². The number of benzene rings is 7. The molecule has 51 heavy (non-hydrogen) atoms. The predicted molar refractivity (Wildman–Crippen MR) is 215 cm³/mol. The number of hydrogen-bond acceptors (Lipinski definition) is 6. The maximum Gasteiger partial charge on any atom is 0.165 e. The van der Waals surface area contributed by atoms with Gasteiger partial charge in [0.25, 0.3) is 0 Å². The molecule has 4 heterocycles. The first kappa shape index (κ1) is 28.6. The Kier molecular flexibility index (Phi) is 6.26. The molecule has 0 amide bonds. The van der Waals surface area contributed by atoms with Gasteiger partial charge in [-0.2, -0.15) is 0 Å². The second-order valence-electron chi connectivity index (χ2n) is 12.8. The average Bonchev–Trinajstić information content (AvgIpc) is 3.88. The molecule has 0 saturated carbocycles. The summed E-state index contributed by atoms with van der Waals surface area (Å²) < 4.78 is 11.5. The van der Waals surface area contributed by atoms with Crippen LogP contribution in [-0.2, 0) is 0 Å². The third kappa shape index (κ3) is 4.54. The van der Waals surface area contributed by atoms with Crippen LogP contribution in [0.4, 0.5) is 0 Å². The lowest BCUT2D eigenvalue weighted by atomic mass is 10.0. The summed E-state index contributed by atoms with van der Waals surface area (Å²) in [5.41, 5.74) is 6.91. The van der Waals surface area contributed by atoms with Crippen molar-refractivity contribution in [2.45, 2.75) is 0 Å². The normalized spacial score (nSPS) is 11.9. The van der Waals surface area contributed by atoms with Crippen molar-refractivity contribution in [3.05, 3.63) is 152 Å². The molecule has 0 atom stereocenters. The molecule has 4 nitrogen and oxygen atoms in total. The van der Waals surface area contributed by atoms with E-state index in [1.165, 1.54) is 45.9 Å². The Bertz CT molecular complexity index is 3160. The summed E-state index contributed by atoms with van der Waals surface area (Å²) in [7, 11) is 0. The molecule has 0 aliphatic rings. The number of aromatic nitrogens is 3. The summed E-state index contributed by atoms with van der Waals surface area (Å²) in [6.07, 6.45) is 0. The minimum Gasteiger partial charge on any atom is -0.456 e. The van der Waals surface area contributed by atoms with Crippen molar-refractivity contribution in [1.29, 1.82) is 0 Å². The van der Waals surface area contributed by atoms with E-state index in [0.29, 0.717) is 17.5 Å². The zero-order valence-corrected chi connectivity index (χ0v) is 28.6. The fourth-order valence-corrected chi connectivity index (χ4v) is 9.77. The van der Waals surface area contributed by atoms with Gasteiger partial charge in [0, 0.05) is 67.8 Å². The van der Waals surface area contributed by atoms with Gasteiger partial charge in [-0.1, -0.05) is 103 Å². The molecule has 0 saturated heterocycles. The molecule has 11 aromatic rings. The number of thiophene rings is 2. The van der Waals surface area contributed by atoms with Crippen molar-refractivity contribution >= 4 is 85.0 Å². The lowest BCUT2D eigenvalue weighted by molar-refractivity contribution is 0.669. The Morgan fingerprint density at radius 2 is 0.941 bits per heavy atom. The molecule has 4 aromatic heterocycles. The van der Waals surface area contributed by atoms with Crippen molar-refractivity contribution < 1.29 is 4.42 Å². The topological polar surface area (TPSA) is 51.8 Å². The molecule has 11 rings (SSSR count). The largest absolute Gasteiger partial charge is 0.456 e. The predicted octanol–water partition coefficient (Wildman–Crippen LogP) is 13.2. The van der Waals surface area contributed by atoms with E-state index in [0.717, 1.165) is 44.2 Å². The van der Waals surface area contributed by atoms with E-state index in [2.05, 4.69) is 115 Å². The van der Waals surface area contributed by atoms with Gasteiger partial charge in [-0.15, -0.1) is 22.7 Å². The van der Waals surface area contributed by atoms with Crippen molar-refractivity contribution in [1.82, 2.24) is 15.0 Å². The van der Waals surface area contributed by atoms with Crippen LogP contribution in [0.2, 0.25) is 0 Å². The quantitative estimate of drug-likeness (QED) is 0.185. The SMILES string of the molecule is c1ccc(-c2nc(-c3ccc4oc5cc(-c6cccc7c6sc6ccccc67)ccc5c4c3)nc(-c3cccc4c3sc3ccccc34)n2)cc1. The maximum absolute atomic E-state index is 6.49. The first-order valence-electron chi connectivity index (χ1n) is 16.8. The minimum absolute atomic E-state index is 0.626. The fourth-order valence-electron chi connectivity index (χ4n) is 7.32. The van der Waals surface area contributed by atoms with E-state index in [1.54, 1.807) is 11.3 Å². The van der Waals surface area contributed by atoms with Gasteiger partial charge in [0.05, 0.1) is 0 Å². The van der Waals surface area contributed by atoms with Gasteiger partial charge in [-0.3, -0.25) is 0 Å². The molecule has 0 unspecified atom stereocenters. The molecule has 0 aliphatic heterocycles. The minimum atomic E-state index is 0.626. The van der Waals surface area contributed by atoms with Crippen molar-refractivity contribution in [3.8, 4) is 45.3 Å². The summed E-state index contributed by atoms with van der Waals surface area (Å²) in [6.45, 7) is 0. The first-order valence-corrected chi connectivity index (χ1v) is 18.5. The molecule has 0 N–H and O–H groups in total. The van der Waals surface area contributed by atoms with E-state index in [4.69, 9.17) is 19.4 Å². The summed E-state index contributed by atoms with van der Waals surface area (Å²) in [5.74, 6) is 1.93. The lowest BCUT2D eigenvalue weighted by Gasteiger charge is -2.09. The first-order chi connectivity index (χ1) is 25.2. The number of fused-ring (bicyclic) bond motifs is 9. The fraction of sp³-hybridized carbons (Fsp3) is 0. The highest BCUT2D eigenvalue weighted by atomic mass is 32.1. The third-order valence-corrected chi connectivity index (χ3v) is 12.2. The van der Waals surface area contributed by atoms with Crippen LogP contribution in [0, 0.1) is 0 Å². The molecule has 0 radical (unpaired) electrons. The van der Waals surface area contributed by atoms with Crippen LogP contribution in [0.3, 0.4) is 0 Å². The molecule has 238 valence electrons. The molecule has 0 fully saturated rings. The molecular formula is C45H25N3OS2. The van der Waals surface area contributed by atoms with Crippen LogP contribution < -0.4 is 0 Å². The second-order valence-corrected chi connectivity index (χ2v) is 14.9. The number of hydrogen-bond donors (Lipinski definition) is 0. The van der Waals surface area contributed by atoms with Crippen molar-refractivity contribution in [2.24, 2.45) is 0 Å². The molecule has 0 bridgehead atoms. The van der Waals surface area contributed by atoms with Crippen molar-refractivity contribution in [3.63, 3.8) is 0 Å². The van der Waals surface area contributed by atoms with Crippen LogP contribution in [0.5, 0.6) is 0 Å². The van der Waals surface area contributed by atoms with Gasteiger partial charge in [-0.25, -0.2) is 15.0 Å². The van der Waals surface area contributed by atoms with E-state index in [1.807, 2.05) is 47.7 Å². The highest BCUT2D eigenvalue weighted by molar-refractivity contribution is 7.26. The van der Waals surface area contributed by atoms with E-state index in [9.17, 15) is 0 Å². The van der Waals surface area contributed by atoms with Gasteiger partial charge in [-0.05, 0) is 59.7 Å². The highest BCUT2D eigenvalue weighted by Gasteiger charge is 2.18. The van der Waals surface area contributed by atoms with Crippen LogP contribution in [0.25, 0.3) is 108 Å². The van der Waals surface area contributed by atoms with Crippen molar-refractivity contribution in [2.75, 3.05) is 0 Å². The Labute approximate surface area is 299 Å². The number of nitrogens with zero attached hydrogens (tertiary/aromatic N) is 3. The summed E-state index contributed by atoms with van der Waals surface area (Å²) >= 11 is 3.62. The molecule has 7 aromatic carbocycles. The molecule has 0 aliphatic carbocycles. The third-order valence-electron chi connectivity index (χ3n) is 9.76. The Balaban J connectivity index is 1.07. The zero-order chi connectivity index (χ0) is 33.5. The lowest BCUT2D eigenvalue weighted by Crippen LogP contribution is -2.00. The Hall–Kier alpha value is -6.21. The summed E-state index contributed by atoms with van der Waals surface area (Å²) in [4.78, 5) is 15.3. The van der Waals surface area contributed by atoms with Gasteiger partial charge in [0.2, 0.25) is 0 Å². The monoisotopic (exact) mass is 687 g/mol. The highest BCUT2D eigenvalue weighted by Crippen LogP contribution is 2.42. The van der Waals surface area contributed by atoms with Gasteiger partial charge >= 0.3 is 0 Å². The van der Waals surface area contributed by atoms with Crippen LogP contribution in [0.1, 0.15) is 0 Å². The van der Waals surface area contributed by atoms with Crippen LogP contribution in [0.15, 0.2) is 156 Å². The molecular weight excluding hydrogens is 663 g/mol. The second kappa shape index (κ2) is 11.2. The molecule has 0 spiro atoms. The number of furan rings is 1.